The van der Waals surface area contributed by atoms with Gasteiger partial charge in [-0.1, -0.05) is 18.0 Å². The van der Waals surface area contributed by atoms with Crippen molar-refractivity contribution in [2.75, 3.05) is 20.2 Å². The van der Waals surface area contributed by atoms with Gasteiger partial charge in [-0.2, -0.15) is 0 Å². The second-order valence-electron chi connectivity index (χ2n) is 8.63. The van der Waals surface area contributed by atoms with Crippen molar-refractivity contribution < 1.29 is 32.7 Å². The second kappa shape index (κ2) is 9.96. The highest BCUT2D eigenvalue weighted by Gasteiger charge is 2.40. The predicted octanol–water partition coefficient (Wildman–Crippen LogP) is 3.08. The SMILES string of the molecule is COC1CCCCC1N1CC[C@@H](NC(=O)c2cc(-c3ccc(F)cc3F)on2)[C@H](C(=O)O)C1. The Morgan fingerprint density at radius 1 is 1.21 bits per heavy atom. The van der Waals surface area contributed by atoms with Crippen LogP contribution in [-0.4, -0.2) is 65.4 Å². The Morgan fingerprint density at radius 2 is 2.00 bits per heavy atom. The fourth-order valence-corrected chi connectivity index (χ4v) is 4.91. The minimum atomic E-state index is -0.982. The van der Waals surface area contributed by atoms with Gasteiger partial charge in [0.1, 0.15) is 11.6 Å². The van der Waals surface area contributed by atoms with Crippen molar-refractivity contribution in [3.05, 3.63) is 41.6 Å². The maximum Gasteiger partial charge on any atom is 0.309 e. The van der Waals surface area contributed by atoms with Crippen LogP contribution in [0.15, 0.2) is 28.8 Å². The van der Waals surface area contributed by atoms with E-state index in [1.807, 2.05) is 0 Å². The average molecular weight is 463 g/mol. The Balaban J connectivity index is 1.43. The van der Waals surface area contributed by atoms with Gasteiger partial charge in [-0.15, -0.1) is 0 Å². The molecule has 0 spiro atoms. The zero-order valence-corrected chi connectivity index (χ0v) is 18.3. The first-order valence-corrected chi connectivity index (χ1v) is 11.1. The number of likely N-dealkylation sites (tertiary alicyclic amines) is 1. The number of benzene rings is 1. The van der Waals surface area contributed by atoms with Crippen molar-refractivity contribution >= 4 is 11.9 Å². The highest BCUT2D eigenvalue weighted by Crippen LogP contribution is 2.30. The zero-order valence-electron chi connectivity index (χ0n) is 18.3. The van der Waals surface area contributed by atoms with Crippen LogP contribution in [-0.2, 0) is 9.53 Å². The van der Waals surface area contributed by atoms with E-state index in [2.05, 4.69) is 15.4 Å². The number of aliphatic carboxylic acids is 1. The van der Waals surface area contributed by atoms with E-state index in [4.69, 9.17) is 9.26 Å². The molecule has 1 aromatic heterocycles. The Labute approximate surface area is 189 Å². The molecule has 1 saturated heterocycles. The molecule has 2 heterocycles. The standard InChI is InChI=1S/C23H27F2N3O5/c1-32-20-5-3-2-4-19(20)28-9-8-17(15(12-28)23(30)31)26-22(29)18-11-21(33-27-18)14-7-6-13(24)10-16(14)25/h6-7,10-11,15,17,19-20H,2-5,8-9,12H2,1H3,(H,26,29)(H,30,31)/t15-,17-,19?,20?/m1/s1. The number of rotatable bonds is 6. The summed E-state index contributed by atoms with van der Waals surface area (Å²) in [7, 11) is 1.69. The van der Waals surface area contributed by atoms with Gasteiger partial charge in [0, 0.05) is 44.4 Å². The van der Waals surface area contributed by atoms with E-state index >= 15 is 0 Å². The number of hydrogen-bond donors (Lipinski definition) is 2. The van der Waals surface area contributed by atoms with Crippen LogP contribution in [0.4, 0.5) is 8.78 Å². The van der Waals surface area contributed by atoms with E-state index in [1.165, 1.54) is 12.1 Å². The topological polar surface area (TPSA) is 105 Å². The minimum Gasteiger partial charge on any atom is -0.481 e. The number of carboxylic acids is 1. The minimum absolute atomic E-state index is 0.0230. The Bertz CT molecular complexity index is 1010. The molecule has 178 valence electrons. The molecule has 1 aliphatic heterocycles. The van der Waals surface area contributed by atoms with Gasteiger partial charge < -0.3 is 19.7 Å². The molecule has 1 aromatic carbocycles. The van der Waals surface area contributed by atoms with Crippen molar-refractivity contribution in [2.24, 2.45) is 5.92 Å². The summed E-state index contributed by atoms with van der Waals surface area (Å²) in [6.45, 7) is 0.958. The lowest BCUT2D eigenvalue weighted by Crippen LogP contribution is -2.58. The summed E-state index contributed by atoms with van der Waals surface area (Å²) in [5.41, 5.74) is -0.133. The van der Waals surface area contributed by atoms with E-state index in [9.17, 15) is 23.5 Å². The number of amides is 1. The quantitative estimate of drug-likeness (QED) is 0.678. The van der Waals surface area contributed by atoms with Gasteiger partial charge in [-0.25, -0.2) is 8.78 Å². The second-order valence-corrected chi connectivity index (χ2v) is 8.63. The van der Waals surface area contributed by atoms with E-state index in [0.717, 1.165) is 31.7 Å². The molecule has 2 unspecified atom stereocenters. The number of carboxylic acid groups (broad SMARTS) is 1. The van der Waals surface area contributed by atoms with E-state index in [1.54, 1.807) is 7.11 Å². The number of nitrogens with zero attached hydrogens (tertiary/aromatic N) is 2. The molecule has 1 amide bonds. The van der Waals surface area contributed by atoms with Crippen LogP contribution in [0.5, 0.6) is 0 Å². The molecule has 2 fully saturated rings. The largest absolute Gasteiger partial charge is 0.481 e. The van der Waals surface area contributed by atoms with Gasteiger partial charge in [0.15, 0.2) is 11.5 Å². The Morgan fingerprint density at radius 3 is 2.73 bits per heavy atom. The summed E-state index contributed by atoms with van der Waals surface area (Å²) in [6.07, 6.45) is 4.66. The van der Waals surface area contributed by atoms with Crippen LogP contribution in [0.25, 0.3) is 11.3 Å². The Hall–Kier alpha value is -2.85. The molecule has 33 heavy (non-hydrogen) atoms. The first kappa shape index (κ1) is 23.3. The van der Waals surface area contributed by atoms with Gasteiger partial charge in [0.25, 0.3) is 5.91 Å². The van der Waals surface area contributed by atoms with E-state index in [0.29, 0.717) is 25.6 Å². The summed E-state index contributed by atoms with van der Waals surface area (Å²) in [6, 6.07) is 3.82. The Kier molecular flexibility index (Phi) is 7.04. The van der Waals surface area contributed by atoms with Crippen molar-refractivity contribution in [1.29, 1.82) is 0 Å². The molecule has 1 saturated carbocycles. The number of carbonyl (C=O) groups excluding carboxylic acids is 1. The molecule has 8 nitrogen and oxygen atoms in total. The van der Waals surface area contributed by atoms with Gasteiger partial charge in [-0.3, -0.25) is 14.5 Å². The molecular weight excluding hydrogens is 436 g/mol. The maximum atomic E-state index is 14.0. The highest BCUT2D eigenvalue weighted by molar-refractivity contribution is 5.93. The molecule has 10 heteroatoms. The number of methoxy groups -OCH3 is 1. The molecular formula is C23H27F2N3O5. The summed E-state index contributed by atoms with van der Waals surface area (Å²) < 4.78 is 37.8. The molecule has 2 aromatic rings. The first-order chi connectivity index (χ1) is 15.9. The first-order valence-electron chi connectivity index (χ1n) is 11.1. The molecule has 0 radical (unpaired) electrons. The number of nitrogens with one attached hydrogen (secondary N) is 1. The number of halogens is 2. The van der Waals surface area contributed by atoms with Gasteiger partial charge in [0.05, 0.1) is 17.6 Å². The van der Waals surface area contributed by atoms with Crippen LogP contribution >= 0.6 is 0 Å². The number of hydrogen-bond acceptors (Lipinski definition) is 6. The predicted molar refractivity (Wildman–Crippen MR) is 113 cm³/mol. The summed E-state index contributed by atoms with van der Waals surface area (Å²) in [4.78, 5) is 26.9. The van der Waals surface area contributed by atoms with Gasteiger partial charge in [0.2, 0.25) is 0 Å². The number of aromatic nitrogens is 1. The summed E-state index contributed by atoms with van der Waals surface area (Å²) >= 11 is 0. The molecule has 4 atom stereocenters. The third kappa shape index (κ3) is 5.06. The van der Waals surface area contributed by atoms with Crippen LogP contribution < -0.4 is 5.32 Å². The van der Waals surface area contributed by atoms with Gasteiger partial charge >= 0.3 is 5.97 Å². The van der Waals surface area contributed by atoms with Crippen LogP contribution in [0.3, 0.4) is 0 Å². The lowest BCUT2D eigenvalue weighted by atomic mass is 9.86. The smallest absolute Gasteiger partial charge is 0.309 e. The number of ether oxygens (including phenoxy) is 1. The zero-order chi connectivity index (χ0) is 23.5. The van der Waals surface area contributed by atoms with Crippen molar-refractivity contribution in [1.82, 2.24) is 15.4 Å². The molecule has 0 bridgehead atoms. The number of carbonyl (C=O) groups is 2. The van der Waals surface area contributed by atoms with Crippen LogP contribution in [0.2, 0.25) is 0 Å². The fourth-order valence-electron chi connectivity index (χ4n) is 4.91. The van der Waals surface area contributed by atoms with Crippen molar-refractivity contribution in [3.63, 3.8) is 0 Å². The molecule has 2 N–H and O–H groups in total. The van der Waals surface area contributed by atoms with Crippen LogP contribution in [0.1, 0.15) is 42.6 Å². The summed E-state index contributed by atoms with van der Waals surface area (Å²) in [5, 5.41) is 16.3. The van der Waals surface area contributed by atoms with Gasteiger partial charge in [-0.05, 0) is 31.4 Å². The molecule has 1 aliphatic carbocycles. The van der Waals surface area contributed by atoms with Crippen molar-refractivity contribution in [3.8, 4) is 11.3 Å². The molecule has 2 aliphatic rings. The van der Waals surface area contributed by atoms with E-state index < -0.39 is 35.5 Å². The van der Waals surface area contributed by atoms with Crippen LogP contribution in [0, 0.1) is 17.6 Å². The number of piperidine rings is 1. The normalized spacial score (nSPS) is 26.2. The fraction of sp³-hybridized carbons (Fsp3) is 0.522. The lowest BCUT2D eigenvalue weighted by molar-refractivity contribution is -0.146. The third-order valence-corrected chi connectivity index (χ3v) is 6.66. The molecule has 4 rings (SSSR count). The lowest BCUT2D eigenvalue weighted by Gasteiger charge is -2.44. The summed E-state index contributed by atoms with van der Waals surface area (Å²) in [5.74, 6) is -3.97. The highest BCUT2D eigenvalue weighted by atomic mass is 19.1. The maximum absolute atomic E-state index is 14.0. The van der Waals surface area contributed by atoms with E-state index in [-0.39, 0.29) is 29.2 Å². The van der Waals surface area contributed by atoms with Crippen molar-refractivity contribution in [2.45, 2.75) is 50.3 Å². The monoisotopic (exact) mass is 463 g/mol. The average Bonchev–Trinajstić information content (AvgIpc) is 3.29. The third-order valence-electron chi connectivity index (χ3n) is 6.66.